The van der Waals surface area contributed by atoms with Crippen LogP contribution in [0.1, 0.15) is 71.1 Å². The highest BCUT2D eigenvalue weighted by Crippen LogP contribution is 2.19. The molecule has 0 radical (unpaired) electrons. The fourth-order valence-electron chi connectivity index (χ4n) is 3.24. The van der Waals surface area contributed by atoms with E-state index in [1.165, 1.54) is 19.3 Å². The van der Waals surface area contributed by atoms with Crippen molar-refractivity contribution < 1.29 is 24.6 Å². The van der Waals surface area contributed by atoms with Gasteiger partial charge in [-0.1, -0.05) is 32.6 Å². The van der Waals surface area contributed by atoms with Gasteiger partial charge in [0.2, 0.25) is 5.91 Å². The van der Waals surface area contributed by atoms with Crippen molar-refractivity contribution in [2.45, 2.75) is 83.2 Å². The molecule has 2 heterocycles. The molecule has 0 aromatic rings. The Hall–Kier alpha value is -1.63. The summed E-state index contributed by atoms with van der Waals surface area (Å²) in [6, 6.07) is -0.840. The predicted molar refractivity (Wildman–Crippen MR) is 94.4 cm³/mol. The summed E-state index contributed by atoms with van der Waals surface area (Å²) in [5, 5.41) is 20.2. The zero-order valence-electron chi connectivity index (χ0n) is 15.2. The molecule has 2 aliphatic heterocycles. The lowest BCUT2D eigenvalue weighted by Crippen LogP contribution is -2.40. The van der Waals surface area contributed by atoms with Crippen LogP contribution in [0.25, 0.3) is 0 Å². The molecule has 2 fully saturated rings. The summed E-state index contributed by atoms with van der Waals surface area (Å²) in [6.45, 7) is 3.63. The first-order valence-electron chi connectivity index (χ1n) is 9.45. The second-order valence-corrected chi connectivity index (χ2v) is 6.73. The lowest BCUT2D eigenvalue weighted by Gasteiger charge is -2.21. The molecule has 2 saturated heterocycles. The van der Waals surface area contributed by atoms with Crippen LogP contribution < -0.4 is 5.32 Å². The van der Waals surface area contributed by atoms with E-state index in [1.54, 1.807) is 4.90 Å². The molecule has 2 aliphatic rings. The molecule has 0 aromatic carbocycles. The molecule has 0 aromatic heterocycles. The van der Waals surface area contributed by atoms with Crippen molar-refractivity contribution in [1.29, 1.82) is 0 Å². The highest BCUT2D eigenvalue weighted by atomic mass is 16.4. The number of aliphatic carboxylic acids is 2. The predicted octanol–water partition coefficient (Wildman–Crippen LogP) is 2.25. The highest BCUT2D eigenvalue weighted by Gasteiger charge is 2.33. The van der Waals surface area contributed by atoms with Gasteiger partial charge in [0.25, 0.3) is 0 Å². The summed E-state index contributed by atoms with van der Waals surface area (Å²) < 4.78 is 0. The molecule has 2 rings (SSSR count). The molecule has 7 nitrogen and oxygen atoms in total. The zero-order chi connectivity index (χ0) is 18.7. The summed E-state index contributed by atoms with van der Waals surface area (Å²) in [5.74, 6) is -1.56. The van der Waals surface area contributed by atoms with E-state index in [2.05, 4.69) is 12.2 Å². The second-order valence-electron chi connectivity index (χ2n) is 6.73. The lowest BCUT2D eigenvalue weighted by atomic mass is 10.1. The standard InChI is InChI=1S/C13H23NO3.C5H9NO2/c1-2-3-4-5-6-9-12(15)14-10-7-8-11(14)13(16)17;7-5(8)4-2-1-3-6-4/h11H,2-10H2,1H3,(H,16,17);4,6H,1-3H2,(H,7,8)/t11-;4-/m00/s1. The van der Waals surface area contributed by atoms with Gasteiger partial charge in [-0.25, -0.2) is 4.79 Å². The van der Waals surface area contributed by atoms with Crippen molar-refractivity contribution in [3.8, 4) is 0 Å². The quantitative estimate of drug-likeness (QED) is 0.576. The number of nitrogens with zero attached hydrogens (tertiary/aromatic N) is 1. The first kappa shape index (κ1) is 21.4. The number of carboxylic acids is 2. The maximum Gasteiger partial charge on any atom is 0.326 e. The summed E-state index contributed by atoms with van der Waals surface area (Å²) in [7, 11) is 0. The van der Waals surface area contributed by atoms with Gasteiger partial charge in [0.1, 0.15) is 12.1 Å². The van der Waals surface area contributed by atoms with Gasteiger partial charge >= 0.3 is 11.9 Å². The maximum atomic E-state index is 11.9. The van der Waals surface area contributed by atoms with Crippen LogP contribution in [0.5, 0.6) is 0 Å². The van der Waals surface area contributed by atoms with Gasteiger partial charge in [-0.2, -0.15) is 0 Å². The van der Waals surface area contributed by atoms with Gasteiger partial charge < -0.3 is 20.4 Å². The highest BCUT2D eigenvalue weighted by molar-refractivity contribution is 5.84. The van der Waals surface area contributed by atoms with Crippen LogP contribution in [0, 0.1) is 0 Å². The maximum absolute atomic E-state index is 11.9. The van der Waals surface area contributed by atoms with E-state index in [4.69, 9.17) is 10.2 Å². The van der Waals surface area contributed by atoms with Crippen molar-refractivity contribution in [2.24, 2.45) is 0 Å². The molecule has 0 aliphatic carbocycles. The van der Waals surface area contributed by atoms with E-state index in [9.17, 15) is 14.4 Å². The van der Waals surface area contributed by atoms with E-state index in [-0.39, 0.29) is 11.9 Å². The smallest absolute Gasteiger partial charge is 0.326 e. The number of amides is 1. The number of likely N-dealkylation sites (tertiary alicyclic amines) is 1. The lowest BCUT2D eigenvalue weighted by molar-refractivity contribution is -0.148. The van der Waals surface area contributed by atoms with E-state index < -0.39 is 18.0 Å². The monoisotopic (exact) mass is 356 g/mol. The van der Waals surface area contributed by atoms with Crippen molar-refractivity contribution in [3.05, 3.63) is 0 Å². The van der Waals surface area contributed by atoms with Crippen molar-refractivity contribution >= 4 is 17.8 Å². The Kier molecular flexibility index (Phi) is 10.1. The number of carboxylic acid groups (broad SMARTS) is 2. The molecule has 3 N–H and O–H groups in total. The fourth-order valence-corrected chi connectivity index (χ4v) is 3.24. The van der Waals surface area contributed by atoms with Gasteiger partial charge in [0, 0.05) is 13.0 Å². The first-order valence-corrected chi connectivity index (χ1v) is 9.45. The number of hydrogen-bond donors (Lipinski definition) is 3. The Balaban J connectivity index is 0.000000324. The third kappa shape index (κ3) is 7.86. The molecule has 0 unspecified atom stereocenters. The molecule has 7 heteroatoms. The average molecular weight is 356 g/mol. The summed E-state index contributed by atoms with van der Waals surface area (Å²) in [6.07, 6.45) is 9.27. The van der Waals surface area contributed by atoms with Crippen molar-refractivity contribution in [1.82, 2.24) is 10.2 Å². The summed E-state index contributed by atoms with van der Waals surface area (Å²) in [4.78, 5) is 34.5. The summed E-state index contributed by atoms with van der Waals surface area (Å²) >= 11 is 0. The number of unbranched alkanes of at least 4 members (excludes halogenated alkanes) is 4. The van der Waals surface area contributed by atoms with Crippen LogP contribution in [0.4, 0.5) is 0 Å². The minimum absolute atomic E-state index is 0.0198. The van der Waals surface area contributed by atoms with Gasteiger partial charge in [0.05, 0.1) is 0 Å². The molecular weight excluding hydrogens is 324 g/mol. The Bertz CT molecular complexity index is 435. The van der Waals surface area contributed by atoms with Crippen LogP contribution in [-0.4, -0.2) is 58.1 Å². The first-order chi connectivity index (χ1) is 12.0. The minimum atomic E-state index is -0.859. The minimum Gasteiger partial charge on any atom is -0.480 e. The largest absolute Gasteiger partial charge is 0.480 e. The third-order valence-corrected chi connectivity index (χ3v) is 4.71. The van der Waals surface area contributed by atoms with E-state index in [0.717, 1.165) is 38.6 Å². The normalized spacial score (nSPS) is 22.4. The van der Waals surface area contributed by atoms with Gasteiger partial charge in [-0.05, 0) is 38.6 Å². The fraction of sp³-hybridized carbons (Fsp3) is 0.833. The number of hydrogen-bond acceptors (Lipinski definition) is 4. The van der Waals surface area contributed by atoms with Gasteiger partial charge in [-0.3, -0.25) is 9.59 Å². The van der Waals surface area contributed by atoms with Crippen LogP contribution in [0.3, 0.4) is 0 Å². The Morgan fingerprint density at radius 3 is 2.24 bits per heavy atom. The molecule has 0 bridgehead atoms. The Morgan fingerprint density at radius 2 is 1.72 bits per heavy atom. The topological polar surface area (TPSA) is 107 Å². The second kappa shape index (κ2) is 11.8. The van der Waals surface area contributed by atoms with Crippen LogP contribution in [0.2, 0.25) is 0 Å². The van der Waals surface area contributed by atoms with Crippen LogP contribution >= 0.6 is 0 Å². The van der Waals surface area contributed by atoms with Crippen molar-refractivity contribution in [2.75, 3.05) is 13.1 Å². The van der Waals surface area contributed by atoms with E-state index in [0.29, 0.717) is 19.4 Å². The van der Waals surface area contributed by atoms with Crippen molar-refractivity contribution in [3.63, 3.8) is 0 Å². The van der Waals surface area contributed by atoms with E-state index in [1.807, 2.05) is 0 Å². The van der Waals surface area contributed by atoms with Gasteiger partial charge in [0.15, 0.2) is 0 Å². The molecule has 144 valence electrons. The average Bonchev–Trinajstić information content (AvgIpc) is 3.26. The molecular formula is C18H32N2O5. The number of carbonyl (C=O) groups is 3. The molecule has 2 atom stereocenters. The Labute approximate surface area is 149 Å². The molecule has 25 heavy (non-hydrogen) atoms. The zero-order valence-corrected chi connectivity index (χ0v) is 15.2. The SMILES string of the molecule is CCCCCCCC(=O)N1CCC[C@H]1C(=O)O.O=C(O)[C@@H]1CCCN1. The number of nitrogens with one attached hydrogen (secondary N) is 1. The Morgan fingerprint density at radius 1 is 1.00 bits per heavy atom. The van der Waals surface area contributed by atoms with Crippen LogP contribution in [-0.2, 0) is 14.4 Å². The summed E-state index contributed by atoms with van der Waals surface area (Å²) in [5.41, 5.74) is 0. The molecule has 0 saturated carbocycles. The van der Waals surface area contributed by atoms with Crippen LogP contribution in [0.15, 0.2) is 0 Å². The van der Waals surface area contributed by atoms with E-state index >= 15 is 0 Å². The number of carbonyl (C=O) groups excluding carboxylic acids is 1. The third-order valence-electron chi connectivity index (χ3n) is 4.71. The molecule has 0 spiro atoms. The molecule has 1 amide bonds. The van der Waals surface area contributed by atoms with Gasteiger partial charge in [-0.15, -0.1) is 0 Å². The number of rotatable bonds is 8.